The van der Waals surface area contributed by atoms with Crippen molar-refractivity contribution in [3.63, 3.8) is 0 Å². The van der Waals surface area contributed by atoms with Gasteiger partial charge >= 0.3 is 0 Å². The Hall–Kier alpha value is -3.01. The van der Waals surface area contributed by atoms with E-state index in [-0.39, 0.29) is 0 Å². The van der Waals surface area contributed by atoms with Crippen LogP contribution in [0.5, 0.6) is 0 Å². The molecular weight excluding hydrogens is 284 g/mol. The van der Waals surface area contributed by atoms with Gasteiger partial charge in [-0.1, -0.05) is 30.3 Å². The van der Waals surface area contributed by atoms with Gasteiger partial charge in [0.25, 0.3) is 0 Å². The molecule has 0 aliphatic carbocycles. The Morgan fingerprint density at radius 1 is 0.783 bits per heavy atom. The highest BCUT2D eigenvalue weighted by Crippen LogP contribution is 2.27. The molecule has 112 valence electrons. The number of benzene rings is 1. The molecule has 0 atom stereocenters. The van der Waals surface area contributed by atoms with Crippen LogP contribution in [0.1, 0.15) is 5.56 Å². The van der Waals surface area contributed by atoms with Crippen molar-refractivity contribution in [2.24, 2.45) is 0 Å². The van der Waals surface area contributed by atoms with Crippen molar-refractivity contribution in [3.8, 4) is 0 Å². The summed E-state index contributed by atoms with van der Waals surface area (Å²) in [5.74, 6) is 0.888. The van der Waals surface area contributed by atoms with E-state index in [1.54, 1.807) is 18.6 Å². The SMILES string of the molecule is c1ccc(CCNc2nc3cnccc3c3cnccc23)cc1. The molecule has 0 aliphatic rings. The Kier molecular flexibility index (Phi) is 3.56. The molecule has 3 aromatic heterocycles. The van der Waals surface area contributed by atoms with Crippen LogP contribution >= 0.6 is 0 Å². The Morgan fingerprint density at radius 2 is 1.57 bits per heavy atom. The summed E-state index contributed by atoms with van der Waals surface area (Å²) in [6, 6.07) is 14.4. The van der Waals surface area contributed by atoms with Gasteiger partial charge in [-0.15, -0.1) is 0 Å². The second kappa shape index (κ2) is 6.01. The highest BCUT2D eigenvalue weighted by Gasteiger charge is 2.08. The summed E-state index contributed by atoms with van der Waals surface area (Å²) in [6.45, 7) is 0.834. The third-order valence-electron chi connectivity index (χ3n) is 3.95. The molecule has 1 N–H and O–H groups in total. The predicted molar refractivity (Wildman–Crippen MR) is 93.5 cm³/mol. The standard InChI is InChI=1S/C19H16N4/c1-2-4-14(5-3-1)6-11-22-19-16-8-10-20-12-17(16)15-7-9-21-13-18(15)23-19/h1-5,7-10,12-13H,6,11H2,(H,22,23). The molecule has 23 heavy (non-hydrogen) atoms. The number of nitrogens with one attached hydrogen (secondary N) is 1. The maximum Gasteiger partial charge on any atom is 0.134 e. The second-order valence-electron chi connectivity index (χ2n) is 5.44. The number of anilines is 1. The Morgan fingerprint density at radius 3 is 2.43 bits per heavy atom. The number of fused-ring (bicyclic) bond motifs is 3. The summed E-state index contributed by atoms with van der Waals surface area (Å²) in [6.07, 6.45) is 8.24. The minimum atomic E-state index is 0.834. The summed E-state index contributed by atoms with van der Waals surface area (Å²) >= 11 is 0. The maximum absolute atomic E-state index is 4.73. The van der Waals surface area contributed by atoms with Crippen molar-refractivity contribution in [1.82, 2.24) is 15.0 Å². The third kappa shape index (κ3) is 2.71. The lowest BCUT2D eigenvalue weighted by Gasteiger charge is -2.11. The van der Waals surface area contributed by atoms with Gasteiger partial charge in [0.15, 0.2) is 0 Å². The van der Waals surface area contributed by atoms with Crippen LogP contribution in [-0.2, 0) is 6.42 Å². The van der Waals surface area contributed by atoms with Gasteiger partial charge in [-0.3, -0.25) is 9.97 Å². The summed E-state index contributed by atoms with van der Waals surface area (Å²) in [5, 5.41) is 6.73. The van der Waals surface area contributed by atoms with Crippen molar-refractivity contribution in [2.45, 2.75) is 6.42 Å². The third-order valence-corrected chi connectivity index (χ3v) is 3.95. The lowest BCUT2D eigenvalue weighted by Crippen LogP contribution is -2.07. The molecule has 4 heteroatoms. The molecule has 4 rings (SSSR count). The number of nitrogens with zero attached hydrogens (tertiary/aromatic N) is 3. The van der Waals surface area contributed by atoms with Crippen molar-refractivity contribution < 1.29 is 0 Å². The van der Waals surface area contributed by atoms with E-state index >= 15 is 0 Å². The van der Waals surface area contributed by atoms with E-state index in [2.05, 4.69) is 39.6 Å². The molecule has 0 amide bonds. The van der Waals surface area contributed by atoms with Crippen molar-refractivity contribution in [3.05, 3.63) is 72.8 Å². The average Bonchev–Trinajstić information content (AvgIpc) is 2.63. The zero-order valence-corrected chi connectivity index (χ0v) is 12.6. The van der Waals surface area contributed by atoms with Crippen molar-refractivity contribution in [1.29, 1.82) is 0 Å². The van der Waals surface area contributed by atoms with Gasteiger partial charge in [0.1, 0.15) is 5.82 Å². The Labute approximate surface area is 134 Å². The van der Waals surface area contributed by atoms with Crippen molar-refractivity contribution >= 4 is 27.5 Å². The van der Waals surface area contributed by atoms with Gasteiger partial charge in [0.05, 0.1) is 11.7 Å². The monoisotopic (exact) mass is 300 g/mol. The van der Waals surface area contributed by atoms with Crippen LogP contribution in [0.15, 0.2) is 67.3 Å². The van der Waals surface area contributed by atoms with Gasteiger partial charge in [0.2, 0.25) is 0 Å². The van der Waals surface area contributed by atoms with Gasteiger partial charge in [-0.25, -0.2) is 4.98 Å². The zero-order chi connectivity index (χ0) is 15.5. The summed E-state index contributed by atoms with van der Waals surface area (Å²) in [5.41, 5.74) is 2.20. The molecule has 0 radical (unpaired) electrons. The molecule has 0 bridgehead atoms. The van der Waals surface area contributed by atoms with Crippen LogP contribution in [0.2, 0.25) is 0 Å². The molecule has 3 heterocycles. The van der Waals surface area contributed by atoms with Gasteiger partial charge in [0, 0.05) is 41.3 Å². The molecule has 4 nitrogen and oxygen atoms in total. The molecule has 0 unspecified atom stereocenters. The fourth-order valence-corrected chi connectivity index (χ4v) is 2.80. The molecular formula is C19H16N4. The fraction of sp³-hybridized carbons (Fsp3) is 0.105. The van der Waals surface area contributed by atoms with Crippen LogP contribution < -0.4 is 5.32 Å². The van der Waals surface area contributed by atoms with E-state index in [0.717, 1.165) is 40.5 Å². The molecule has 1 aromatic carbocycles. The quantitative estimate of drug-likeness (QED) is 0.582. The average molecular weight is 300 g/mol. The lowest BCUT2D eigenvalue weighted by molar-refractivity contribution is 1.01. The van der Waals surface area contributed by atoms with Gasteiger partial charge < -0.3 is 5.32 Å². The number of hydrogen-bond acceptors (Lipinski definition) is 4. The first-order valence-electron chi connectivity index (χ1n) is 7.67. The van der Waals surface area contributed by atoms with Crippen LogP contribution in [0.25, 0.3) is 21.7 Å². The van der Waals surface area contributed by atoms with Crippen LogP contribution in [-0.4, -0.2) is 21.5 Å². The fourth-order valence-electron chi connectivity index (χ4n) is 2.80. The van der Waals surface area contributed by atoms with E-state index in [0.29, 0.717) is 0 Å². The first kappa shape index (κ1) is 13.6. The molecule has 0 aliphatic heterocycles. The van der Waals surface area contributed by atoms with Crippen LogP contribution in [0.3, 0.4) is 0 Å². The second-order valence-corrected chi connectivity index (χ2v) is 5.44. The molecule has 0 saturated heterocycles. The van der Waals surface area contributed by atoms with Crippen LogP contribution in [0.4, 0.5) is 5.82 Å². The first-order chi connectivity index (χ1) is 11.4. The predicted octanol–water partition coefficient (Wildman–Crippen LogP) is 3.83. The minimum absolute atomic E-state index is 0.834. The lowest BCUT2D eigenvalue weighted by atomic mass is 10.1. The topological polar surface area (TPSA) is 50.7 Å². The molecule has 0 saturated carbocycles. The van der Waals surface area contributed by atoms with Crippen LogP contribution in [0, 0.1) is 0 Å². The largest absolute Gasteiger partial charge is 0.369 e. The summed E-state index contributed by atoms with van der Waals surface area (Å²) < 4.78 is 0. The number of pyridine rings is 3. The molecule has 0 fully saturated rings. The molecule has 0 spiro atoms. The smallest absolute Gasteiger partial charge is 0.134 e. The zero-order valence-electron chi connectivity index (χ0n) is 12.6. The molecule has 4 aromatic rings. The summed E-state index contributed by atoms with van der Waals surface area (Å²) in [7, 11) is 0. The summed E-state index contributed by atoms with van der Waals surface area (Å²) in [4.78, 5) is 13.2. The highest BCUT2D eigenvalue weighted by atomic mass is 15.0. The van der Waals surface area contributed by atoms with Crippen molar-refractivity contribution in [2.75, 3.05) is 11.9 Å². The Bertz CT molecular complexity index is 951. The minimum Gasteiger partial charge on any atom is -0.369 e. The Balaban J connectivity index is 1.68. The first-order valence-corrected chi connectivity index (χ1v) is 7.67. The van der Waals surface area contributed by atoms with E-state index in [1.807, 2.05) is 24.4 Å². The van der Waals surface area contributed by atoms with E-state index in [4.69, 9.17) is 4.98 Å². The van der Waals surface area contributed by atoms with E-state index in [9.17, 15) is 0 Å². The van der Waals surface area contributed by atoms with Gasteiger partial charge in [-0.05, 0) is 24.1 Å². The highest BCUT2D eigenvalue weighted by molar-refractivity contribution is 6.09. The number of hydrogen-bond donors (Lipinski definition) is 1. The van der Waals surface area contributed by atoms with Gasteiger partial charge in [-0.2, -0.15) is 0 Å². The number of aromatic nitrogens is 3. The normalized spacial score (nSPS) is 11.0. The van der Waals surface area contributed by atoms with E-state index < -0.39 is 0 Å². The van der Waals surface area contributed by atoms with E-state index in [1.165, 1.54) is 5.56 Å². The maximum atomic E-state index is 4.73. The number of rotatable bonds is 4.